The van der Waals surface area contributed by atoms with E-state index >= 15 is 0 Å². The molecule has 0 aliphatic rings. The van der Waals surface area contributed by atoms with Crippen LogP contribution in [0.5, 0.6) is 0 Å². The largest absolute Gasteiger partial charge is 0.310 e. The van der Waals surface area contributed by atoms with Crippen LogP contribution in [0.15, 0.2) is 315 Å². The van der Waals surface area contributed by atoms with Gasteiger partial charge in [0, 0.05) is 34.1 Å². The molecule has 0 spiro atoms. The van der Waals surface area contributed by atoms with Gasteiger partial charge in [-0.2, -0.15) is 0 Å². The second-order valence-corrected chi connectivity index (χ2v) is 23.8. The fraction of sp³-hybridized carbons (Fsp3) is 0.0930. The molecule has 2 nitrogen and oxygen atoms in total. The molecule has 0 unspecified atom stereocenters. The molecular weight excluding hydrogens is 1060 g/mol. The molecule has 0 atom stereocenters. The van der Waals surface area contributed by atoms with Gasteiger partial charge in [0.2, 0.25) is 0 Å². The molecule has 0 bridgehead atoms. The third-order valence-electron chi connectivity index (χ3n) is 17.3. The molecule has 13 aromatic rings. The van der Waals surface area contributed by atoms with Gasteiger partial charge in [-0.1, -0.05) is 270 Å². The number of hydrogen-bond donors (Lipinski definition) is 0. The SMILES string of the molecule is Cc1cc(N(c2ccc(-c3ccc(-c4ccccc4)cc3)cc2)c2ccc(-c3ccc(-c4ccccc4)cc3)cc2)ccc1-c1ccc(-c2ccc(N(c3ccc(-c4ccccc4)c(C(C)C)c3)c3ccc(-c4ccccc4)c(C(C)C)c3)cc2C)cc1. The summed E-state index contributed by atoms with van der Waals surface area (Å²) in [5, 5.41) is 0. The Hall–Kier alpha value is -10.5. The molecule has 0 fully saturated rings. The maximum atomic E-state index is 2.46. The molecule has 2 heteroatoms. The Bertz CT molecular complexity index is 4270. The van der Waals surface area contributed by atoms with E-state index in [9.17, 15) is 0 Å². The predicted molar refractivity (Wildman–Crippen MR) is 377 cm³/mol. The smallest absolute Gasteiger partial charge is 0.0464 e. The lowest BCUT2D eigenvalue weighted by Gasteiger charge is -2.29. The third-order valence-corrected chi connectivity index (χ3v) is 17.3. The highest BCUT2D eigenvalue weighted by Gasteiger charge is 2.22. The van der Waals surface area contributed by atoms with Crippen LogP contribution >= 0.6 is 0 Å². The zero-order valence-electron chi connectivity index (χ0n) is 51.1. The second-order valence-electron chi connectivity index (χ2n) is 23.8. The Balaban J connectivity index is 0.807. The van der Waals surface area contributed by atoms with Crippen molar-refractivity contribution in [1.29, 1.82) is 0 Å². The van der Waals surface area contributed by atoms with Crippen LogP contribution in [0.4, 0.5) is 34.1 Å². The molecule has 0 aliphatic heterocycles. The first-order valence-corrected chi connectivity index (χ1v) is 30.9. The van der Waals surface area contributed by atoms with Gasteiger partial charge < -0.3 is 9.80 Å². The number of rotatable bonds is 16. The van der Waals surface area contributed by atoms with E-state index in [4.69, 9.17) is 0 Å². The van der Waals surface area contributed by atoms with E-state index in [1.807, 2.05) is 0 Å². The average Bonchev–Trinajstić information content (AvgIpc) is 2.25. The van der Waals surface area contributed by atoms with E-state index in [2.05, 4.69) is 367 Å². The van der Waals surface area contributed by atoms with Crippen molar-refractivity contribution < 1.29 is 0 Å². The van der Waals surface area contributed by atoms with Gasteiger partial charge in [0.25, 0.3) is 0 Å². The van der Waals surface area contributed by atoms with Gasteiger partial charge in [-0.05, 0) is 210 Å². The molecule has 0 saturated heterocycles. The normalized spacial score (nSPS) is 11.3. The van der Waals surface area contributed by atoms with Crippen LogP contribution < -0.4 is 9.80 Å². The van der Waals surface area contributed by atoms with Crippen LogP contribution in [0.3, 0.4) is 0 Å². The molecule has 0 aromatic heterocycles. The van der Waals surface area contributed by atoms with E-state index in [1.165, 1.54) is 111 Å². The van der Waals surface area contributed by atoms with Crippen molar-refractivity contribution in [2.24, 2.45) is 0 Å². The highest BCUT2D eigenvalue weighted by Crippen LogP contribution is 2.45. The van der Waals surface area contributed by atoms with Crippen molar-refractivity contribution in [3.63, 3.8) is 0 Å². The summed E-state index contributed by atoms with van der Waals surface area (Å²) < 4.78 is 0. The highest BCUT2D eigenvalue weighted by molar-refractivity contribution is 5.87. The fourth-order valence-corrected chi connectivity index (χ4v) is 12.6. The molecule has 0 aliphatic carbocycles. The third kappa shape index (κ3) is 11.9. The summed E-state index contributed by atoms with van der Waals surface area (Å²) in [7, 11) is 0. The van der Waals surface area contributed by atoms with Gasteiger partial charge in [0.05, 0.1) is 0 Å². The summed E-state index contributed by atoms with van der Waals surface area (Å²) in [5.74, 6) is 0.649. The molecule has 0 saturated carbocycles. The van der Waals surface area contributed by atoms with E-state index in [0.29, 0.717) is 11.8 Å². The lowest BCUT2D eigenvalue weighted by molar-refractivity contribution is 0.867. The summed E-state index contributed by atoms with van der Waals surface area (Å²) in [5.41, 5.74) is 31.2. The minimum absolute atomic E-state index is 0.325. The Morgan fingerprint density at radius 3 is 0.682 bits per heavy atom. The van der Waals surface area contributed by atoms with Crippen LogP contribution in [0, 0.1) is 13.8 Å². The Labute approximate surface area is 521 Å². The molecular formula is C86H72N2. The minimum atomic E-state index is 0.325. The molecule has 0 N–H and O–H groups in total. The molecule has 0 heterocycles. The number of nitrogens with zero attached hydrogens (tertiary/aromatic N) is 2. The molecule has 426 valence electrons. The Kier molecular flexibility index (Phi) is 16.2. The van der Waals surface area contributed by atoms with Crippen LogP contribution in [0.2, 0.25) is 0 Å². The maximum absolute atomic E-state index is 2.46. The summed E-state index contributed by atoms with van der Waals surface area (Å²) >= 11 is 0. The van der Waals surface area contributed by atoms with Crippen LogP contribution in [-0.2, 0) is 0 Å². The zero-order chi connectivity index (χ0) is 60.1. The molecule has 0 radical (unpaired) electrons. The predicted octanol–water partition coefficient (Wildman–Crippen LogP) is 24.8. The topological polar surface area (TPSA) is 6.48 Å². The number of anilines is 6. The summed E-state index contributed by atoms with van der Waals surface area (Å²) in [6, 6.07) is 116. The average molecular weight is 1130 g/mol. The van der Waals surface area contributed by atoms with Gasteiger partial charge in [0.15, 0.2) is 0 Å². The quantitative estimate of drug-likeness (QED) is 0.0951. The van der Waals surface area contributed by atoms with Crippen LogP contribution in [-0.4, -0.2) is 0 Å². The van der Waals surface area contributed by atoms with Crippen LogP contribution in [0.1, 0.15) is 61.8 Å². The van der Waals surface area contributed by atoms with Gasteiger partial charge in [0.1, 0.15) is 0 Å². The molecule has 0 amide bonds. The van der Waals surface area contributed by atoms with Gasteiger partial charge in [-0.3, -0.25) is 0 Å². The summed E-state index contributed by atoms with van der Waals surface area (Å²) in [4.78, 5) is 4.83. The van der Waals surface area contributed by atoms with Crippen molar-refractivity contribution in [1.82, 2.24) is 0 Å². The number of aryl methyl sites for hydroxylation is 2. The van der Waals surface area contributed by atoms with Gasteiger partial charge >= 0.3 is 0 Å². The molecule has 88 heavy (non-hydrogen) atoms. The van der Waals surface area contributed by atoms with E-state index in [0.717, 1.165) is 34.1 Å². The number of benzene rings is 13. The van der Waals surface area contributed by atoms with Crippen molar-refractivity contribution in [2.45, 2.75) is 53.4 Å². The lowest BCUT2D eigenvalue weighted by Crippen LogP contribution is -2.12. The van der Waals surface area contributed by atoms with Crippen molar-refractivity contribution in [2.75, 3.05) is 9.80 Å². The van der Waals surface area contributed by atoms with Crippen molar-refractivity contribution in [3.8, 4) is 89.0 Å². The zero-order valence-corrected chi connectivity index (χ0v) is 51.1. The monoisotopic (exact) mass is 1130 g/mol. The van der Waals surface area contributed by atoms with E-state index in [1.54, 1.807) is 0 Å². The minimum Gasteiger partial charge on any atom is -0.310 e. The second kappa shape index (κ2) is 25.2. The van der Waals surface area contributed by atoms with E-state index < -0.39 is 0 Å². The first-order valence-electron chi connectivity index (χ1n) is 30.9. The Morgan fingerprint density at radius 1 is 0.193 bits per heavy atom. The molecule has 13 rings (SSSR count). The van der Waals surface area contributed by atoms with Crippen LogP contribution in [0.25, 0.3) is 89.0 Å². The van der Waals surface area contributed by atoms with Gasteiger partial charge in [-0.25, -0.2) is 0 Å². The fourth-order valence-electron chi connectivity index (χ4n) is 12.6. The first kappa shape index (κ1) is 56.6. The lowest BCUT2D eigenvalue weighted by atomic mass is 9.90. The van der Waals surface area contributed by atoms with Gasteiger partial charge in [-0.15, -0.1) is 0 Å². The summed E-state index contributed by atoms with van der Waals surface area (Å²) in [6.07, 6.45) is 0. The van der Waals surface area contributed by atoms with E-state index in [-0.39, 0.29) is 0 Å². The molecule has 13 aromatic carbocycles. The first-order chi connectivity index (χ1) is 43.1. The van der Waals surface area contributed by atoms with Crippen molar-refractivity contribution in [3.05, 3.63) is 338 Å². The van der Waals surface area contributed by atoms with Crippen molar-refractivity contribution >= 4 is 34.1 Å². The summed E-state index contributed by atoms with van der Waals surface area (Å²) in [6.45, 7) is 13.7. The maximum Gasteiger partial charge on any atom is 0.0464 e. The standard InChI is InChI=1S/C86H72N2/c1-59(2)85-57-79(49-53-83(85)71-23-15-9-16-24-71)88(80-50-54-84(86(58-80)60(3)4)72-25-17-10-18-26-72)78-48-52-82(62(6)56-78)74-37-35-73(36-38-74)81-51-47-77(55-61(81)5)87(75-43-39-69(40-44-75)67-31-27-65(28-32-67)63-19-11-7-12-20-63)76-45-41-70(42-46-76)68-33-29-66(30-34-68)64-21-13-8-14-22-64/h7-60H,1-6H3. The number of hydrogen-bond acceptors (Lipinski definition) is 2. The Morgan fingerprint density at radius 2 is 0.398 bits per heavy atom. The highest BCUT2D eigenvalue weighted by atomic mass is 15.1.